The number of fused-ring (bicyclic) bond motifs is 4. The van der Waals surface area contributed by atoms with E-state index in [-0.39, 0.29) is 5.41 Å². The van der Waals surface area contributed by atoms with Gasteiger partial charge in [-0.25, -0.2) is 0 Å². The Morgan fingerprint density at radius 2 is 1.84 bits per heavy atom. The highest BCUT2D eigenvalue weighted by atomic mass is 16.5. The zero-order chi connectivity index (χ0) is 18.0. The maximum absolute atomic E-state index is 12.8. The number of ether oxygens (including phenoxy) is 1. The highest BCUT2D eigenvalue weighted by Gasteiger charge is 2.37. The molecule has 0 saturated carbocycles. The Labute approximate surface area is 152 Å². The van der Waals surface area contributed by atoms with E-state index in [1.807, 2.05) is 12.1 Å². The van der Waals surface area contributed by atoms with Gasteiger partial charge in [-0.2, -0.15) is 0 Å². The quantitative estimate of drug-likeness (QED) is 0.837. The van der Waals surface area contributed by atoms with Gasteiger partial charge < -0.3 is 9.64 Å². The van der Waals surface area contributed by atoms with Crippen molar-refractivity contribution in [3.63, 3.8) is 0 Å². The van der Waals surface area contributed by atoms with Crippen molar-refractivity contribution >= 4 is 5.91 Å². The Kier molecular flexibility index (Phi) is 5.38. The van der Waals surface area contributed by atoms with Crippen LogP contribution in [0, 0.1) is 11.3 Å². The van der Waals surface area contributed by atoms with Crippen molar-refractivity contribution in [2.75, 3.05) is 26.7 Å². The Bertz CT molecular complexity index is 591. The first-order chi connectivity index (χ1) is 11.8. The Hall–Kier alpha value is -1.55. The van der Waals surface area contributed by atoms with Gasteiger partial charge in [-0.3, -0.25) is 9.69 Å². The van der Waals surface area contributed by atoms with Crippen LogP contribution in [0.15, 0.2) is 24.3 Å². The minimum atomic E-state index is 0.0609. The number of nitrogens with zero attached hydrogens (tertiary/aromatic N) is 2. The first-order valence-corrected chi connectivity index (χ1v) is 9.49. The molecule has 3 fully saturated rings. The van der Waals surface area contributed by atoms with E-state index in [0.717, 1.165) is 38.3 Å². The Balaban J connectivity index is 1.65. The lowest BCUT2D eigenvalue weighted by atomic mass is 9.89. The molecule has 0 aromatic heterocycles. The third-order valence-electron chi connectivity index (χ3n) is 5.36. The lowest BCUT2D eigenvalue weighted by molar-refractivity contribution is -0.137. The summed E-state index contributed by atoms with van der Waals surface area (Å²) >= 11 is 0. The third-order valence-corrected chi connectivity index (χ3v) is 5.36. The molecule has 138 valence electrons. The monoisotopic (exact) mass is 344 g/mol. The molecule has 2 bridgehead atoms. The number of hydrogen-bond donors (Lipinski definition) is 0. The summed E-state index contributed by atoms with van der Waals surface area (Å²) in [5.74, 6) is 1.85. The molecule has 0 radical (unpaired) electrons. The largest absolute Gasteiger partial charge is 0.497 e. The molecule has 3 saturated heterocycles. The van der Waals surface area contributed by atoms with Crippen molar-refractivity contribution in [1.29, 1.82) is 0 Å². The minimum Gasteiger partial charge on any atom is -0.497 e. The van der Waals surface area contributed by atoms with E-state index in [1.54, 1.807) is 7.11 Å². The molecular weight excluding hydrogens is 312 g/mol. The van der Waals surface area contributed by atoms with E-state index < -0.39 is 0 Å². The lowest BCUT2D eigenvalue weighted by Crippen LogP contribution is -2.48. The molecule has 0 aliphatic carbocycles. The van der Waals surface area contributed by atoms with Gasteiger partial charge in [0.15, 0.2) is 0 Å². The standard InChI is InChI=1S/C21H32N2O2/c1-21(2,3)11-20(24)23-14-17-5-8-18(23)15-22(13-17)12-16-6-9-19(25-4)10-7-16/h6-7,9-10,17-18H,5,8,11-15H2,1-4H3/t17-,18+/m0/s1. The summed E-state index contributed by atoms with van der Waals surface area (Å²) in [6.45, 7) is 10.4. The number of methoxy groups -OCH3 is 1. The van der Waals surface area contributed by atoms with Gasteiger partial charge in [0, 0.05) is 38.6 Å². The fourth-order valence-corrected chi connectivity index (χ4v) is 4.16. The molecule has 4 heteroatoms. The summed E-state index contributed by atoms with van der Waals surface area (Å²) in [4.78, 5) is 17.5. The van der Waals surface area contributed by atoms with Gasteiger partial charge in [0.05, 0.1) is 7.11 Å². The van der Waals surface area contributed by atoms with Crippen LogP contribution in [0.1, 0.15) is 45.6 Å². The number of amides is 1. The second-order valence-electron chi connectivity index (χ2n) is 8.92. The van der Waals surface area contributed by atoms with Crippen LogP contribution in [-0.4, -0.2) is 48.5 Å². The summed E-state index contributed by atoms with van der Waals surface area (Å²) in [6.07, 6.45) is 3.05. The number of hydrogen-bond acceptors (Lipinski definition) is 3. The van der Waals surface area contributed by atoms with Crippen LogP contribution < -0.4 is 4.74 Å². The molecule has 3 heterocycles. The number of carbonyl (C=O) groups excluding carboxylic acids is 1. The van der Waals surface area contributed by atoms with Crippen LogP contribution >= 0.6 is 0 Å². The molecule has 3 aliphatic rings. The normalized spacial score (nSPS) is 24.2. The maximum atomic E-state index is 12.8. The molecular formula is C21H32N2O2. The van der Waals surface area contributed by atoms with Crippen LogP contribution in [0.2, 0.25) is 0 Å². The highest BCUT2D eigenvalue weighted by Crippen LogP contribution is 2.31. The van der Waals surface area contributed by atoms with Gasteiger partial charge in [-0.15, -0.1) is 0 Å². The van der Waals surface area contributed by atoms with Crippen LogP contribution in [0.3, 0.4) is 0 Å². The summed E-state index contributed by atoms with van der Waals surface area (Å²) in [7, 11) is 1.70. The molecule has 25 heavy (non-hydrogen) atoms. The molecule has 0 N–H and O–H groups in total. The number of carbonyl (C=O) groups is 1. The van der Waals surface area contributed by atoms with E-state index in [1.165, 1.54) is 12.0 Å². The molecule has 4 rings (SSSR count). The summed E-state index contributed by atoms with van der Waals surface area (Å²) in [5.41, 5.74) is 1.38. The van der Waals surface area contributed by atoms with Crippen molar-refractivity contribution in [3.8, 4) is 5.75 Å². The van der Waals surface area contributed by atoms with Gasteiger partial charge in [-0.1, -0.05) is 32.9 Å². The van der Waals surface area contributed by atoms with Crippen molar-refractivity contribution in [2.24, 2.45) is 11.3 Å². The molecule has 0 spiro atoms. The van der Waals surface area contributed by atoms with Crippen LogP contribution in [0.4, 0.5) is 0 Å². The molecule has 0 unspecified atom stereocenters. The van der Waals surface area contributed by atoms with Gasteiger partial charge in [0.1, 0.15) is 5.75 Å². The summed E-state index contributed by atoms with van der Waals surface area (Å²) < 4.78 is 5.25. The van der Waals surface area contributed by atoms with Gasteiger partial charge in [0.25, 0.3) is 0 Å². The number of rotatable bonds is 4. The van der Waals surface area contributed by atoms with Gasteiger partial charge >= 0.3 is 0 Å². The van der Waals surface area contributed by atoms with Crippen LogP contribution in [-0.2, 0) is 11.3 Å². The Morgan fingerprint density at radius 1 is 1.12 bits per heavy atom. The zero-order valence-electron chi connectivity index (χ0n) is 16.1. The van der Waals surface area contributed by atoms with E-state index in [2.05, 4.69) is 42.7 Å². The second kappa shape index (κ2) is 7.36. The average molecular weight is 344 g/mol. The molecule has 1 aromatic carbocycles. The molecule has 1 amide bonds. The molecule has 4 nitrogen and oxygen atoms in total. The smallest absolute Gasteiger partial charge is 0.223 e. The van der Waals surface area contributed by atoms with Crippen LogP contribution in [0.25, 0.3) is 0 Å². The summed E-state index contributed by atoms with van der Waals surface area (Å²) in [6, 6.07) is 8.73. The molecule has 3 aliphatic heterocycles. The SMILES string of the molecule is COc1ccc(CN2C[C@@H]3CC[C@H](C2)N(C(=O)CC(C)(C)C)C3)cc1. The van der Waals surface area contributed by atoms with Crippen molar-refractivity contribution in [3.05, 3.63) is 29.8 Å². The van der Waals surface area contributed by atoms with Crippen molar-refractivity contribution in [2.45, 2.75) is 52.6 Å². The predicted molar refractivity (Wildman–Crippen MR) is 101 cm³/mol. The van der Waals surface area contributed by atoms with Gasteiger partial charge in [-0.05, 0) is 41.9 Å². The average Bonchev–Trinajstić information content (AvgIpc) is 2.84. The van der Waals surface area contributed by atoms with E-state index >= 15 is 0 Å². The number of benzene rings is 1. The first kappa shape index (κ1) is 18.2. The zero-order valence-corrected chi connectivity index (χ0v) is 16.1. The predicted octanol–water partition coefficient (Wildman–Crippen LogP) is 3.55. The maximum Gasteiger partial charge on any atom is 0.223 e. The minimum absolute atomic E-state index is 0.0609. The number of piperidine rings is 1. The molecule has 1 aromatic rings. The fourth-order valence-electron chi connectivity index (χ4n) is 4.16. The van der Waals surface area contributed by atoms with Crippen LogP contribution in [0.5, 0.6) is 5.75 Å². The van der Waals surface area contributed by atoms with Crippen molar-refractivity contribution in [1.82, 2.24) is 9.80 Å². The van der Waals surface area contributed by atoms with Gasteiger partial charge in [0.2, 0.25) is 5.91 Å². The third kappa shape index (κ3) is 4.75. The summed E-state index contributed by atoms with van der Waals surface area (Å²) in [5, 5.41) is 0. The van der Waals surface area contributed by atoms with E-state index in [9.17, 15) is 4.79 Å². The lowest BCUT2D eigenvalue weighted by Gasteiger charge is -2.37. The second-order valence-corrected chi connectivity index (χ2v) is 8.92. The first-order valence-electron chi connectivity index (χ1n) is 9.49. The topological polar surface area (TPSA) is 32.8 Å². The molecule has 2 atom stereocenters. The fraction of sp³-hybridized carbons (Fsp3) is 0.667. The van der Waals surface area contributed by atoms with E-state index in [0.29, 0.717) is 24.3 Å². The highest BCUT2D eigenvalue weighted by molar-refractivity contribution is 5.77. The Morgan fingerprint density at radius 3 is 2.48 bits per heavy atom. The van der Waals surface area contributed by atoms with Crippen molar-refractivity contribution < 1.29 is 9.53 Å². The van der Waals surface area contributed by atoms with E-state index in [4.69, 9.17) is 4.74 Å².